The minimum atomic E-state index is 0.195. The van der Waals surface area contributed by atoms with Crippen LogP contribution in [0.15, 0.2) is 35.3 Å². The van der Waals surface area contributed by atoms with Crippen LogP contribution in [0.5, 0.6) is 0 Å². The number of carbonyl (C=O) groups excluding carboxylic acids is 1. The van der Waals surface area contributed by atoms with Crippen LogP contribution >= 0.6 is 11.8 Å². The molecule has 0 spiro atoms. The first-order valence-electron chi connectivity index (χ1n) is 7.32. The second-order valence-electron chi connectivity index (χ2n) is 6.23. The Labute approximate surface area is 127 Å². The number of hydrogen-bond acceptors (Lipinski definition) is 2. The zero-order chi connectivity index (χ0) is 14.8. The molecule has 3 heteroatoms. The molecule has 110 valence electrons. The predicted molar refractivity (Wildman–Crippen MR) is 87.6 cm³/mol. The maximum Gasteiger partial charge on any atom is 0.222 e. The summed E-state index contributed by atoms with van der Waals surface area (Å²) < 4.78 is 0. The Bertz CT molecular complexity index is 466. The molecule has 0 saturated carbocycles. The standard InChI is InChI=1S/C17H25NOS/c1-13-7-8-15-17(2,11-9-16(19)18(15)3)10-5-6-14(12-13)20-4/h5-6,12,15H,1,7-11H2,2-4H3/b6-5-,14-12+/t15?,17-/m0/s1. The molecular weight excluding hydrogens is 266 g/mol. The van der Waals surface area contributed by atoms with Crippen LogP contribution in [0.4, 0.5) is 0 Å². The second kappa shape index (κ2) is 6.21. The fraction of sp³-hybridized carbons (Fsp3) is 0.588. The molecule has 1 amide bonds. The summed E-state index contributed by atoms with van der Waals surface area (Å²) in [5, 5.41) is 0. The van der Waals surface area contributed by atoms with E-state index in [1.54, 1.807) is 11.8 Å². The zero-order valence-corrected chi connectivity index (χ0v) is 13.6. The van der Waals surface area contributed by atoms with Crippen LogP contribution in [0.3, 0.4) is 0 Å². The van der Waals surface area contributed by atoms with Gasteiger partial charge in [-0.1, -0.05) is 31.2 Å². The molecule has 0 radical (unpaired) electrons. The highest BCUT2D eigenvalue weighted by atomic mass is 32.2. The lowest BCUT2D eigenvalue weighted by Gasteiger charge is -2.47. The van der Waals surface area contributed by atoms with E-state index in [-0.39, 0.29) is 5.41 Å². The maximum absolute atomic E-state index is 12.0. The van der Waals surface area contributed by atoms with Crippen molar-refractivity contribution in [1.29, 1.82) is 0 Å². The Morgan fingerprint density at radius 1 is 1.45 bits per heavy atom. The van der Waals surface area contributed by atoms with Crippen molar-refractivity contribution < 1.29 is 4.79 Å². The number of allylic oxidation sites excluding steroid dienone is 4. The summed E-state index contributed by atoms with van der Waals surface area (Å²) in [4.78, 5) is 15.2. The molecule has 0 aromatic rings. The lowest BCUT2D eigenvalue weighted by atomic mass is 9.70. The molecule has 2 rings (SSSR count). The van der Waals surface area contributed by atoms with E-state index < -0.39 is 0 Å². The van der Waals surface area contributed by atoms with Gasteiger partial charge in [0.05, 0.1) is 0 Å². The first-order valence-corrected chi connectivity index (χ1v) is 8.54. The van der Waals surface area contributed by atoms with Crippen LogP contribution in [0.25, 0.3) is 0 Å². The van der Waals surface area contributed by atoms with Gasteiger partial charge >= 0.3 is 0 Å². The lowest BCUT2D eigenvalue weighted by molar-refractivity contribution is -0.140. The van der Waals surface area contributed by atoms with Crippen molar-refractivity contribution in [2.45, 2.75) is 45.1 Å². The Kier molecular flexibility index (Phi) is 4.79. The van der Waals surface area contributed by atoms with Crippen molar-refractivity contribution in [2.24, 2.45) is 5.41 Å². The normalized spacial score (nSPS) is 36.0. The molecule has 2 aliphatic rings. The van der Waals surface area contributed by atoms with Gasteiger partial charge in [0.1, 0.15) is 0 Å². The smallest absolute Gasteiger partial charge is 0.222 e. The van der Waals surface area contributed by atoms with E-state index in [1.165, 1.54) is 4.91 Å². The van der Waals surface area contributed by atoms with Gasteiger partial charge in [0.25, 0.3) is 0 Å². The van der Waals surface area contributed by atoms with E-state index in [0.717, 1.165) is 31.3 Å². The summed E-state index contributed by atoms with van der Waals surface area (Å²) in [5.74, 6) is 0.291. The number of carbonyl (C=O) groups is 1. The van der Waals surface area contributed by atoms with Crippen LogP contribution < -0.4 is 0 Å². The van der Waals surface area contributed by atoms with Gasteiger partial charge in [-0.05, 0) is 43.4 Å². The molecule has 0 aromatic heterocycles. The highest BCUT2D eigenvalue weighted by Gasteiger charge is 2.41. The summed E-state index contributed by atoms with van der Waals surface area (Å²) in [6.07, 6.45) is 13.5. The number of thioether (sulfide) groups is 1. The second-order valence-corrected chi connectivity index (χ2v) is 7.11. The Balaban J connectivity index is 2.28. The van der Waals surface area contributed by atoms with Gasteiger partial charge in [-0.2, -0.15) is 0 Å². The Hall–Kier alpha value is -0.960. The monoisotopic (exact) mass is 291 g/mol. The maximum atomic E-state index is 12.0. The van der Waals surface area contributed by atoms with Gasteiger partial charge in [0.2, 0.25) is 5.91 Å². The van der Waals surface area contributed by atoms with Gasteiger partial charge < -0.3 is 4.90 Å². The van der Waals surface area contributed by atoms with Crippen molar-refractivity contribution in [3.05, 3.63) is 35.3 Å². The molecule has 1 aliphatic heterocycles. The SMILES string of the molecule is C=C1/C=C(SC)\C=C/C[C@@]2(C)CCC(=O)N(C)C2CC1. The van der Waals surface area contributed by atoms with Gasteiger partial charge in [0, 0.05) is 24.4 Å². The first kappa shape index (κ1) is 15.4. The third-order valence-electron chi connectivity index (χ3n) is 4.76. The van der Waals surface area contributed by atoms with Crippen molar-refractivity contribution in [2.75, 3.05) is 13.3 Å². The highest BCUT2D eigenvalue weighted by Crippen LogP contribution is 2.42. The van der Waals surface area contributed by atoms with Crippen LogP contribution in [-0.2, 0) is 4.79 Å². The van der Waals surface area contributed by atoms with Gasteiger partial charge in [0.15, 0.2) is 0 Å². The topological polar surface area (TPSA) is 20.3 Å². The van der Waals surface area contributed by atoms with Crippen LogP contribution in [0, 0.1) is 5.41 Å². The van der Waals surface area contributed by atoms with Crippen molar-refractivity contribution in [3.63, 3.8) is 0 Å². The quantitative estimate of drug-likeness (QED) is 0.723. The summed E-state index contributed by atoms with van der Waals surface area (Å²) in [6.45, 7) is 6.49. The molecule has 0 bridgehead atoms. The van der Waals surface area contributed by atoms with Gasteiger partial charge in [-0.3, -0.25) is 4.79 Å². The predicted octanol–water partition coefficient (Wildman–Crippen LogP) is 4.16. The molecule has 0 N–H and O–H groups in total. The molecule has 2 atom stereocenters. The molecule has 2 nitrogen and oxygen atoms in total. The summed E-state index contributed by atoms with van der Waals surface area (Å²) in [7, 11) is 1.96. The number of amides is 1. The van der Waals surface area contributed by atoms with Crippen LogP contribution in [0.1, 0.15) is 39.0 Å². The minimum absolute atomic E-state index is 0.195. The number of hydrogen-bond donors (Lipinski definition) is 0. The van der Waals surface area contributed by atoms with Crippen molar-refractivity contribution in [1.82, 2.24) is 4.90 Å². The molecule has 1 heterocycles. The van der Waals surface area contributed by atoms with Crippen LogP contribution in [0.2, 0.25) is 0 Å². The van der Waals surface area contributed by atoms with E-state index >= 15 is 0 Å². The Morgan fingerprint density at radius 3 is 2.90 bits per heavy atom. The first-order chi connectivity index (χ1) is 9.46. The molecule has 1 saturated heterocycles. The summed E-state index contributed by atoms with van der Waals surface area (Å²) >= 11 is 1.77. The fourth-order valence-electron chi connectivity index (χ4n) is 3.37. The average Bonchev–Trinajstić information content (AvgIpc) is 2.42. The van der Waals surface area contributed by atoms with E-state index in [1.807, 2.05) is 11.9 Å². The summed E-state index contributed by atoms with van der Waals surface area (Å²) in [6, 6.07) is 0.328. The third-order valence-corrected chi connectivity index (χ3v) is 5.49. The molecule has 1 aliphatic carbocycles. The van der Waals surface area contributed by atoms with Gasteiger partial charge in [-0.25, -0.2) is 0 Å². The number of likely N-dealkylation sites (tertiary alicyclic amines) is 1. The zero-order valence-electron chi connectivity index (χ0n) is 12.8. The molecule has 0 aromatic carbocycles. The minimum Gasteiger partial charge on any atom is -0.342 e. The fourth-order valence-corrected chi connectivity index (χ4v) is 3.89. The van der Waals surface area contributed by atoms with E-state index in [0.29, 0.717) is 18.4 Å². The van der Waals surface area contributed by atoms with E-state index in [4.69, 9.17) is 0 Å². The van der Waals surface area contributed by atoms with E-state index in [2.05, 4.69) is 38.0 Å². The average molecular weight is 291 g/mol. The molecule has 20 heavy (non-hydrogen) atoms. The highest BCUT2D eigenvalue weighted by molar-refractivity contribution is 8.02. The molecule has 1 unspecified atom stereocenters. The number of rotatable bonds is 1. The number of piperidine rings is 1. The summed E-state index contributed by atoms with van der Waals surface area (Å²) in [5.41, 5.74) is 1.36. The van der Waals surface area contributed by atoms with Crippen molar-refractivity contribution in [3.8, 4) is 0 Å². The largest absolute Gasteiger partial charge is 0.342 e. The van der Waals surface area contributed by atoms with E-state index in [9.17, 15) is 4.79 Å². The van der Waals surface area contributed by atoms with Gasteiger partial charge in [-0.15, -0.1) is 11.8 Å². The van der Waals surface area contributed by atoms with Crippen molar-refractivity contribution >= 4 is 17.7 Å². The van der Waals surface area contributed by atoms with Crippen LogP contribution in [-0.4, -0.2) is 30.2 Å². The Morgan fingerprint density at radius 2 is 2.20 bits per heavy atom. The third kappa shape index (κ3) is 3.20. The number of nitrogens with zero attached hydrogens (tertiary/aromatic N) is 1. The lowest BCUT2D eigenvalue weighted by Crippen LogP contribution is -2.51. The molecular formula is C17H25NOS. The number of fused-ring (bicyclic) bond motifs is 1. The molecule has 1 fully saturated rings.